The first kappa shape index (κ1) is 16.3. The Labute approximate surface area is 119 Å². The summed E-state index contributed by atoms with van der Waals surface area (Å²) in [5.74, 6) is -1.02. The first-order valence-corrected chi connectivity index (χ1v) is 7.11. The predicted octanol–water partition coefficient (Wildman–Crippen LogP) is 3.24. The van der Waals surface area contributed by atoms with Crippen LogP contribution in [-0.2, 0) is 6.42 Å². The Morgan fingerprint density at radius 2 is 1.75 bits per heavy atom. The third-order valence-corrected chi connectivity index (χ3v) is 3.99. The normalized spacial score (nSPS) is 11.4. The maximum absolute atomic E-state index is 12.2. The van der Waals surface area contributed by atoms with E-state index in [4.69, 9.17) is 9.52 Å². The molecule has 112 valence electrons. The molecule has 0 aliphatic rings. The summed E-state index contributed by atoms with van der Waals surface area (Å²) in [4.78, 5) is 23.3. The Balaban J connectivity index is 3.01. The summed E-state index contributed by atoms with van der Waals surface area (Å²) >= 11 is 0. The van der Waals surface area contributed by atoms with Crippen molar-refractivity contribution in [2.45, 2.75) is 58.9 Å². The van der Waals surface area contributed by atoms with E-state index in [1.54, 1.807) is 6.92 Å². The number of aryl methyl sites for hydroxylation is 1. The number of carbonyl (C=O) groups is 2. The maximum atomic E-state index is 12.2. The molecule has 5 nitrogen and oxygen atoms in total. The quantitative estimate of drug-likeness (QED) is 0.804. The zero-order valence-corrected chi connectivity index (χ0v) is 12.6. The lowest BCUT2D eigenvalue weighted by Crippen LogP contribution is -2.47. The molecule has 0 saturated carbocycles. The summed E-state index contributed by atoms with van der Waals surface area (Å²) in [6.07, 6.45) is 2.89. The molecule has 0 aromatic carbocycles. The fourth-order valence-corrected chi connectivity index (χ4v) is 2.30. The summed E-state index contributed by atoms with van der Waals surface area (Å²) in [5, 5.41) is 12.0. The van der Waals surface area contributed by atoms with E-state index in [0.717, 1.165) is 19.3 Å². The van der Waals surface area contributed by atoms with Crippen molar-refractivity contribution in [1.29, 1.82) is 0 Å². The van der Waals surface area contributed by atoms with E-state index in [0.29, 0.717) is 12.2 Å². The molecule has 0 fully saturated rings. The van der Waals surface area contributed by atoms with Gasteiger partial charge in [-0.1, -0.05) is 27.7 Å². The number of carbonyl (C=O) groups excluding carboxylic acids is 1. The number of amides is 1. The van der Waals surface area contributed by atoms with Crippen molar-refractivity contribution in [3.05, 3.63) is 23.2 Å². The molecule has 1 rings (SSSR count). The molecule has 0 radical (unpaired) electrons. The molecule has 5 heteroatoms. The average Bonchev–Trinajstić information content (AvgIpc) is 2.89. The van der Waals surface area contributed by atoms with Crippen LogP contribution in [-0.4, -0.2) is 22.5 Å². The van der Waals surface area contributed by atoms with Crippen molar-refractivity contribution < 1.29 is 19.1 Å². The van der Waals surface area contributed by atoms with Gasteiger partial charge in [-0.25, -0.2) is 4.79 Å². The third-order valence-electron chi connectivity index (χ3n) is 3.99. The summed E-state index contributed by atoms with van der Waals surface area (Å²) in [6.45, 7) is 7.86. The lowest BCUT2D eigenvalue weighted by Gasteiger charge is -2.31. The van der Waals surface area contributed by atoms with Gasteiger partial charge in [-0.15, -0.1) is 0 Å². The molecule has 0 bridgehead atoms. The first-order chi connectivity index (χ1) is 9.42. The molecule has 0 unspecified atom stereocenters. The molecule has 0 spiro atoms. The molecule has 0 aliphatic carbocycles. The molecule has 20 heavy (non-hydrogen) atoms. The van der Waals surface area contributed by atoms with Crippen molar-refractivity contribution >= 4 is 11.9 Å². The van der Waals surface area contributed by atoms with Crippen LogP contribution < -0.4 is 5.32 Å². The second kappa shape index (κ2) is 6.59. The second-order valence-corrected chi connectivity index (χ2v) is 4.90. The molecule has 1 heterocycles. The van der Waals surface area contributed by atoms with Crippen LogP contribution in [0.3, 0.4) is 0 Å². The first-order valence-electron chi connectivity index (χ1n) is 7.11. The van der Waals surface area contributed by atoms with Crippen LogP contribution in [0.2, 0.25) is 0 Å². The molecule has 1 amide bonds. The highest BCUT2D eigenvalue weighted by atomic mass is 16.4. The predicted molar refractivity (Wildman–Crippen MR) is 76.1 cm³/mol. The van der Waals surface area contributed by atoms with Crippen LogP contribution in [0.5, 0.6) is 0 Å². The van der Waals surface area contributed by atoms with Crippen LogP contribution in [0.4, 0.5) is 0 Å². The number of hydrogen-bond donors (Lipinski definition) is 2. The van der Waals surface area contributed by atoms with E-state index in [2.05, 4.69) is 5.32 Å². The number of carboxylic acid groups (broad SMARTS) is 1. The Kier molecular flexibility index (Phi) is 5.36. The third kappa shape index (κ3) is 3.21. The largest absolute Gasteiger partial charge is 0.478 e. The lowest BCUT2D eigenvalue weighted by atomic mass is 9.89. The van der Waals surface area contributed by atoms with E-state index >= 15 is 0 Å². The molecule has 0 aliphatic heterocycles. The Bertz CT molecular complexity index is 478. The van der Waals surface area contributed by atoms with Crippen molar-refractivity contribution in [3.8, 4) is 0 Å². The summed E-state index contributed by atoms with van der Waals surface area (Å²) in [5.41, 5.74) is -0.202. The molecular formula is C15H23NO4. The van der Waals surface area contributed by atoms with Crippen LogP contribution in [0.25, 0.3) is 0 Å². The van der Waals surface area contributed by atoms with Gasteiger partial charge in [-0.2, -0.15) is 0 Å². The van der Waals surface area contributed by atoms with Crippen LogP contribution in [0.1, 0.15) is 73.6 Å². The van der Waals surface area contributed by atoms with Crippen LogP contribution in [0, 0.1) is 0 Å². The number of hydrogen-bond acceptors (Lipinski definition) is 3. The fourth-order valence-electron chi connectivity index (χ4n) is 2.30. The monoisotopic (exact) mass is 281 g/mol. The van der Waals surface area contributed by atoms with Crippen molar-refractivity contribution in [3.63, 3.8) is 0 Å². The molecule has 0 saturated heterocycles. The molecule has 1 aromatic rings. The highest BCUT2D eigenvalue weighted by Crippen LogP contribution is 2.22. The minimum atomic E-state index is -1.07. The van der Waals surface area contributed by atoms with Crippen molar-refractivity contribution in [2.24, 2.45) is 0 Å². The smallest absolute Gasteiger partial charge is 0.339 e. The second-order valence-electron chi connectivity index (χ2n) is 4.90. The van der Waals surface area contributed by atoms with Crippen molar-refractivity contribution in [2.75, 3.05) is 0 Å². The summed E-state index contributed by atoms with van der Waals surface area (Å²) in [6, 6.07) is 1.31. The van der Waals surface area contributed by atoms with Gasteiger partial charge in [-0.3, -0.25) is 4.79 Å². The Hall–Kier alpha value is -1.78. The standard InChI is InChI=1S/C15H23NO4/c1-5-11-10(14(18)19)9-12(20-11)13(17)16-15(6-2,7-3)8-4/h9H,5-8H2,1-4H3,(H,16,17)(H,18,19). The number of rotatable bonds is 7. The summed E-state index contributed by atoms with van der Waals surface area (Å²) in [7, 11) is 0. The van der Waals surface area contributed by atoms with Crippen molar-refractivity contribution in [1.82, 2.24) is 5.32 Å². The van der Waals surface area contributed by atoms with Gasteiger partial charge in [0.25, 0.3) is 5.91 Å². The highest BCUT2D eigenvalue weighted by molar-refractivity contribution is 5.96. The number of furan rings is 1. The van der Waals surface area contributed by atoms with Gasteiger partial charge in [0, 0.05) is 18.0 Å². The van der Waals surface area contributed by atoms with Gasteiger partial charge in [0.05, 0.1) is 0 Å². The number of nitrogens with one attached hydrogen (secondary N) is 1. The molecule has 1 aromatic heterocycles. The minimum absolute atomic E-state index is 0.0627. The topological polar surface area (TPSA) is 79.5 Å². The molecule has 0 atom stereocenters. The van der Waals surface area contributed by atoms with Gasteiger partial charge < -0.3 is 14.8 Å². The van der Waals surface area contributed by atoms with E-state index in [1.165, 1.54) is 6.07 Å². The van der Waals surface area contributed by atoms with Gasteiger partial charge in [-0.05, 0) is 19.3 Å². The van der Waals surface area contributed by atoms with Crippen LogP contribution in [0.15, 0.2) is 10.5 Å². The average molecular weight is 281 g/mol. The van der Waals surface area contributed by atoms with Gasteiger partial charge in [0.2, 0.25) is 0 Å². The minimum Gasteiger partial charge on any atom is -0.478 e. The van der Waals surface area contributed by atoms with E-state index < -0.39 is 5.97 Å². The maximum Gasteiger partial charge on any atom is 0.339 e. The lowest BCUT2D eigenvalue weighted by molar-refractivity contribution is 0.0694. The highest BCUT2D eigenvalue weighted by Gasteiger charge is 2.28. The molecule has 2 N–H and O–H groups in total. The van der Waals surface area contributed by atoms with Gasteiger partial charge >= 0.3 is 5.97 Å². The Morgan fingerprint density at radius 1 is 1.20 bits per heavy atom. The van der Waals surface area contributed by atoms with Crippen LogP contribution >= 0.6 is 0 Å². The zero-order chi connectivity index (χ0) is 15.3. The Morgan fingerprint density at radius 3 is 2.10 bits per heavy atom. The zero-order valence-electron chi connectivity index (χ0n) is 12.6. The summed E-state index contributed by atoms with van der Waals surface area (Å²) < 4.78 is 5.37. The number of aromatic carboxylic acids is 1. The van der Waals surface area contributed by atoms with Gasteiger partial charge in [0.1, 0.15) is 11.3 Å². The van der Waals surface area contributed by atoms with Gasteiger partial charge in [0.15, 0.2) is 5.76 Å². The molecular weight excluding hydrogens is 258 g/mol. The number of carboxylic acids is 1. The fraction of sp³-hybridized carbons (Fsp3) is 0.600. The van der Waals surface area contributed by atoms with E-state index in [1.807, 2.05) is 20.8 Å². The van der Waals surface area contributed by atoms with E-state index in [-0.39, 0.29) is 22.8 Å². The SMILES string of the molecule is CCc1oc(C(=O)NC(CC)(CC)CC)cc1C(=O)O. The van der Waals surface area contributed by atoms with E-state index in [9.17, 15) is 9.59 Å².